The number of benzene rings is 1. The standard InChI is InChI=1S/C16H25N3O/c1-3-17-16(19-14-8-9-14)18-12-4-5-13-6-10-15(20-2)11-7-13/h6-7,10-11,14H,3-5,8-9,12H2,1-2H3,(H2,17,18,19). The topological polar surface area (TPSA) is 45.7 Å². The van der Waals surface area contributed by atoms with E-state index < -0.39 is 0 Å². The van der Waals surface area contributed by atoms with Crippen LogP contribution in [-0.4, -0.2) is 32.2 Å². The first-order valence-electron chi connectivity index (χ1n) is 7.49. The lowest BCUT2D eigenvalue weighted by Crippen LogP contribution is -2.38. The van der Waals surface area contributed by atoms with Crippen molar-refractivity contribution in [3.63, 3.8) is 0 Å². The lowest BCUT2D eigenvalue weighted by atomic mass is 10.1. The number of nitrogens with zero attached hydrogens (tertiary/aromatic N) is 1. The van der Waals surface area contributed by atoms with E-state index in [1.807, 2.05) is 12.1 Å². The van der Waals surface area contributed by atoms with Crippen molar-refractivity contribution < 1.29 is 4.74 Å². The fourth-order valence-corrected chi connectivity index (χ4v) is 2.01. The number of methoxy groups -OCH3 is 1. The fourth-order valence-electron chi connectivity index (χ4n) is 2.01. The van der Waals surface area contributed by atoms with Gasteiger partial charge in [-0.05, 0) is 50.3 Å². The van der Waals surface area contributed by atoms with E-state index in [9.17, 15) is 0 Å². The zero-order valence-electron chi connectivity index (χ0n) is 12.5. The Morgan fingerprint density at radius 3 is 2.65 bits per heavy atom. The molecule has 2 N–H and O–H groups in total. The molecule has 0 bridgehead atoms. The van der Waals surface area contributed by atoms with Crippen LogP contribution in [0.5, 0.6) is 5.75 Å². The van der Waals surface area contributed by atoms with Crippen LogP contribution in [0.3, 0.4) is 0 Å². The first-order chi connectivity index (χ1) is 9.81. The highest BCUT2D eigenvalue weighted by Gasteiger charge is 2.21. The maximum atomic E-state index is 5.16. The summed E-state index contributed by atoms with van der Waals surface area (Å²) in [6.45, 7) is 3.87. The van der Waals surface area contributed by atoms with E-state index in [-0.39, 0.29) is 0 Å². The van der Waals surface area contributed by atoms with Gasteiger partial charge >= 0.3 is 0 Å². The Bertz CT molecular complexity index is 424. The number of guanidine groups is 1. The van der Waals surface area contributed by atoms with Gasteiger partial charge in [-0.3, -0.25) is 4.99 Å². The fraction of sp³-hybridized carbons (Fsp3) is 0.562. The van der Waals surface area contributed by atoms with E-state index in [0.717, 1.165) is 37.6 Å². The summed E-state index contributed by atoms with van der Waals surface area (Å²) in [4.78, 5) is 4.61. The van der Waals surface area contributed by atoms with Gasteiger partial charge in [-0.15, -0.1) is 0 Å². The summed E-state index contributed by atoms with van der Waals surface area (Å²) in [6.07, 6.45) is 4.66. The molecule has 1 saturated carbocycles. The maximum Gasteiger partial charge on any atom is 0.191 e. The predicted molar refractivity (Wildman–Crippen MR) is 83.5 cm³/mol. The Kier molecular flexibility index (Phi) is 5.71. The first-order valence-corrected chi connectivity index (χ1v) is 7.49. The zero-order chi connectivity index (χ0) is 14.2. The summed E-state index contributed by atoms with van der Waals surface area (Å²) in [5.41, 5.74) is 1.33. The minimum Gasteiger partial charge on any atom is -0.497 e. The molecule has 110 valence electrons. The Labute approximate surface area is 121 Å². The lowest BCUT2D eigenvalue weighted by Gasteiger charge is -2.10. The summed E-state index contributed by atoms with van der Waals surface area (Å²) in [5.74, 6) is 1.87. The summed E-state index contributed by atoms with van der Waals surface area (Å²) in [5, 5.41) is 6.72. The molecule has 0 aliphatic heterocycles. The second-order valence-corrected chi connectivity index (χ2v) is 5.13. The average Bonchev–Trinajstić information content (AvgIpc) is 3.28. The van der Waals surface area contributed by atoms with E-state index in [1.165, 1.54) is 18.4 Å². The van der Waals surface area contributed by atoms with Gasteiger partial charge in [0.2, 0.25) is 0 Å². The molecule has 2 rings (SSSR count). The lowest BCUT2D eigenvalue weighted by molar-refractivity contribution is 0.414. The molecule has 0 amide bonds. The quantitative estimate of drug-likeness (QED) is 0.456. The number of hydrogen-bond acceptors (Lipinski definition) is 2. The van der Waals surface area contributed by atoms with Gasteiger partial charge in [0.25, 0.3) is 0 Å². The van der Waals surface area contributed by atoms with Crippen LogP contribution in [0.1, 0.15) is 31.7 Å². The zero-order valence-corrected chi connectivity index (χ0v) is 12.5. The number of hydrogen-bond donors (Lipinski definition) is 2. The van der Waals surface area contributed by atoms with E-state index in [1.54, 1.807) is 7.11 Å². The highest BCUT2D eigenvalue weighted by Crippen LogP contribution is 2.18. The SMILES string of the molecule is CCNC(=NCCCc1ccc(OC)cc1)NC1CC1. The van der Waals surface area contributed by atoms with Crippen molar-refractivity contribution in [1.82, 2.24) is 10.6 Å². The smallest absolute Gasteiger partial charge is 0.191 e. The van der Waals surface area contributed by atoms with Gasteiger partial charge in [0.05, 0.1) is 7.11 Å². The Morgan fingerprint density at radius 2 is 2.05 bits per heavy atom. The second-order valence-electron chi connectivity index (χ2n) is 5.13. The van der Waals surface area contributed by atoms with E-state index in [0.29, 0.717) is 6.04 Å². The van der Waals surface area contributed by atoms with Crippen molar-refractivity contribution in [2.24, 2.45) is 4.99 Å². The molecule has 0 spiro atoms. The molecule has 1 aromatic carbocycles. The van der Waals surface area contributed by atoms with Gasteiger partial charge in [0, 0.05) is 19.1 Å². The summed E-state index contributed by atoms with van der Waals surface area (Å²) < 4.78 is 5.16. The number of rotatable bonds is 7. The average molecular weight is 275 g/mol. The maximum absolute atomic E-state index is 5.16. The molecule has 0 atom stereocenters. The predicted octanol–water partition coefficient (Wildman–Crippen LogP) is 2.35. The van der Waals surface area contributed by atoms with E-state index >= 15 is 0 Å². The third-order valence-corrected chi connectivity index (χ3v) is 3.31. The summed E-state index contributed by atoms with van der Waals surface area (Å²) in [7, 11) is 1.69. The Balaban J connectivity index is 1.72. The first kappa shape index (κ1) is 14.7. The van der Waals surface area contributed by atoms with Gasteiger partial charge in [-0.1, -0.05) is 12.1 Å². The van der Waals surface area contributed by atoms with Crippen molar-refractivity contribution in [3.05, 3.63) is 29.8 Å². The molecule has 0 saturated heterocycles. The van der Waals surface area contributed by atoms with Crippen molar-refractivity contribution in [1.29, 1.82) is 0 Å². The third-order valence-electron chi connectivity index (χ3n) is 3.31. The second kappa shape index (κ2) is 7.78. The molecule has 4 nitrogen and oxygen atoms in total. The summed E-state index contributed by atoms with van der Waals surface area (Å²) >= 11 is 0. The van der Waals surface area contributed by atoms with E-state index in [2.05, 4.69) is 34.7 Å². The third kappa shape index (κ3) is 5.11. The van der Waals surface area contributed by atoms with Crippen molar-refractivity contribution >= 4 is 5.96 Å². The van der Waals surface area contributed by atoms with Crippen LogP contribution in [0.15, 0.2) is 29.3 Å². The monoisotopic (exact) mass is 275 g/mol. The van der Waals surface area contributed by atoms with Crippen LogP contribution in [0.2, 0.25) is 0 Å². The van der Waals surface area contributed by atoms with Crippen LogP contribution in [0.25, 0.3) is 0 Å². The van der Waals surface area contributed by atoms with Crippen molar-refractivity contribution in [3.8, 4) is 5.75 Å². The minimum absolute atomic E-state index is 0.648. The highest BCUT2D eigenvalue weighted by molar-refractivity contribution is 5.80. The van der Waals surface area contributed by atoms with Crippen molar-refractivity contribution in [2.75, 3.05) is 20.2 Å². The Hall–Kier alpha value is -1.71. The Morgan fingerprint density at radius 1 is 1.30 bits per heavy atom. The minimum atomic E-state index is 0.648. The molecule has 20 heavy (non-hydrogen) atoms. The van der Waals surface area contributed by atoms with Gasteiger partial charge in [-0.25, -0.2) is 0 Å². The molecule has 1 aliphatic carbocycles. The van der Waals surface area contributed by atoms with E-state index in [4.69, 9.17) is 4.74 Å². The number of nitrogens with one attached hydrogen (secondary N) is 2. The van der Waals surface area contributed by atoms with Gasteiger partial charge < -0.3 is 15.4 Å². The molecule has 0 heterocycles. The van der Waals surface area contributed by atoms with Crippen LogP contribution in [-0.2, 0) is 6.42 Å². The molecular weight excluding hydrogens is 250 g/mol. The number of aliphatic imine (C=N–C) groups is 1. The molecule has 1 aromatic rings. The van der Waals surface area contributed by atoms with Gasteiger partial charge in [-0.2, -0.15) is 0 Å². The molecular formula is C16H25N3O. The van der Waals surface area contributed by atoms with Crippen LogP contribution in [0, 0.1) is 0 Å². The molecule has 1 fully saturated rings. The van der Waals surface area contributed by atoms with Crippen LogP contribution in [0.4, 0.5) is 0 Å². The molecule has 0 unspecified atom stereocenters. The van der Waals surface area contributed by atoms with Crippen LogP contribution < -0.4 is 15.4 Å². The molecule has 1 aliphatic rings. The number of aryl methyl sites for hydroxylation is 1. The molecule has 0 radical (unpaired) electrons. The van der Waals surface area contributed by atoms with Gasteiger partial charge in [0.1, 0.15) is 5.75 Å². The molecule has 0 aromatic heterocycles. The molecule has 4 heteroatoms. The van der Waals surface area contributed by atoms with Crippen molar-refractivity contribution in [2.45, 2.75) is 38.6 Å². The van der Waals surface area contributed by atoms with Gasteiger partial charge in [0.15, 0.2) is 5.96 Å². The summed E-state index contributed by atoms with van der Waals surface area (Å²) in [6, 6.07) is 8.91. The van der Waals surface area contributed by atoms with Crippen LogP contribution >= 0.6 is 0 Å². The largest absolute Gasteiger partial charge is 0.497 e. The highest BCUT2D eigenvalue weighted by atomic mass is 16.5. The number of ether oxygens (including phenoxy) is 1. The normalized spacial score (nSPS) is 15.0.